The van der Waals surface area contributed by atoms with Crippen LogP contribution < -0.4 is 5.32 Å². The molecule has 0 bridgehead atoms. The van der Waals surface area contributed by atoms with Crippen molar-refractivity contribution in [1.29, 1.82) is 0 Å². The Morgan fingerprint density at radius 2 is 0.605 bits per heavy atom. The number of carboxylic acid groups (broad SMARTS) is 2. The molecule has 43 heavy (non-hydrogen) atoms. The number of hydrogen-bond donors (Lipinski definition) is 3. The number of ether oxygens (including phenoxy) is 11. The van der Waals surface area contributed by atoms with Crippen molar-refractivity contribution in [3.63, 3.8) is 0 Å². The summed E-state index contributed by atoms with van der Waals surface area (Å²) in [4.78, 5) is 31.9. The standard InChI is InChI=1S/C26H49NO16/c28-24(21-43-23-26(31)32)27-1-2-33-3-4-34-5-6-35-7-8-36-9-10-37-11-12-38-13-14-39-15-16-40-17-18-41-19-20-42-22-25(29)30/h1-23H2,(H,27,28)(H,29,30)(H,31,32). The molecule has 0 rings (SSSR count). The van der Waals surface area contributed by atoms with Gasteiger partial charge in [0.15, 0.2) is 0 Å². The average molecular weight is 632 g/mol. The van der Waals surface area contributed by atoms with E-state index in [0.29, 0.717) is 125 Å². The minimum Gasteiger partial charge on any atom is -0.480 e. The van der Waals surface area contributed by atoms with Gasteiger partial charge in [0.25, 0.3) is 0 Å². The second kappa shape index (κ2) is 34.5. The van der Waals surface area contributed by atoms with Crippen LogP contribution in [0.15, 0.2) is 0 Å². The molecule has 0 aliphatic carbocycles. The van der Waals surface area contributed by atoms with Gasteiger partial charge in [0.1, 0.15) is 19.8 Å². The molecule has 1 amide bonds. The Hall–Kier alpha value is -2.03. The molecule has 0 aromatic rings. The van der Waals surface area contributed by atoms with Crippen LogP contribution in [-0.4, -0.2) is 180 Å². The lowest BCUT2D eigenvalue weighted by Crippen LogP contribution is -2.31. The van der Waals surface area contributed by atoms with E-state index >= 15 is 0 Å². The molecule has 0 aliphatic rings. The number of carboxylic acids is 2. The monoisotopic (exact) mass is 631 g/mol. The molecule has 0 spiro atoms. The van der Waals surface area contributed by atoms with Crippen molar-refractivity contribution < 1.29 is 76.7 Å². The van der Waals surface area contributed by atoms with Crippen molar-refractivity contribution in [3.05, 3.63) is 0 Å². The molecule has 3 N–H and O–H groups in total. The Morgan fingerprint density at radius 1 is 0.349 bits per heavy atom. The topological polar surface area (TPSA) is 205 Å². The molecule has 0 heterocycles. The van der Waals surface area contributed by atoms with Gasteiger partial charge in [-0.2, -0.15) is 0 Å². The van der Waals surface area contributed by atoms with Crippen LogP contribution in [0.4, 0.5) is 0 Å². The number of nitrogens with one attached hydrogen (secondary N) is 1. The molecular formula is C26H49NO16. The van der Waals surface area contributed by atoms with Gasteiger partial charge in [-0.15, -0.1) is 0 Å². The smallest absolute Gasteiger partial charge is 0.329 e. The number of rotatable bonds is 36. The third kappa shape index (κ3) is 37.9. The lowest BCUT2D eigenvalue weighted by atomic mass is 10.6. The van der Waals surface area contributed by atoms with E-state index in [0.717, 1.165) is 0 Å². The van der Waals surface area contributed by atoms with Crippen molar-refractivity contribution in [2.45, 2.75) is 0 Å². The van der Waals surface area contributed by atoms with E-state index in [4.69, 9.17) is 57.6 Å². The zero-order valence-corrected chi connectivity index (χ0v) is 24.9. The van der Waals surface area contributed by atoms with E-state index in [1.54, 1.807) is 0 Å². The van der Waals surface area contributed by atoms with Crippen LogP contribution in [-0.2, 0) is 66.5 Å². The highest BCUT2D eigenvalue weighted by atomic mass is 16.6. The summed E-state index contributed by atoms with van der Waals surface area (Å²) in [6.45, 7) is 7.02. The minimum atomic E-state index is -1.13. The minimum absolute atomic E-state index is 0.231. The van der Waals surface area contributed by atoms with Gasteiger partial charge in [-0.05, 0) is 0 Å². The molecule has 0 unspecified atom stereocenters. The summed E-state index contributed by atoms with van der Waals surface area (Å²) in [5.74, 6) is -2.54. The molecule has 0 aromatic heterocycles. The number of amides is 1. The maximum Gasteiger partial charge on any atom is 0.329 e. The molecule has 17 heteroatoms. The van der Waals surface area contributed by atoms with Crippen LogP contribution in [0.25, 0.3) is 0 Å². The van der Waals surface area contributed by atoms with Crippen molar-refractivity contribution in [2.75, 3.05) is 152 Å². The molecule has 0 radical (unpaired) electrons. The highest BCUT2D eigenvalue weighted by molar-refractivity contribution is 5.77. The average Bonchev–Trinajstić information content (AvgIpc) is 2.97. The first-order valence-electron chi connectivity index (χ1n) is 14.1. The van der Waals surface area contributed by atoms with E-state index in [2.05, 4.69) is 10.1 Å². The van der Waals surface area contributed by atoms with Crippen LogP contribution in [0, 0.1) is 0 Å². The second-order valence-electron chi connectivity index (χ2n) is 8.19. The summed E-state index contributed by atoms with van der Waals surface area (Å²) in [6.07, 6.45) is 0. The summed E-state index contributed by atoms with van der Waals surface area (Å²) in [6, 6.07) is 0. The molecule has 0 atom stereocenters. The van der Waals surface area contributed by atoms with Gasteiger partial charge < -0.3 is 67.6 Å². The predicted molar refractivity (Wildman–Crippen MR) is 147 cm³/mol. The first-order chi connectivity index (χ1) is 21.0. The summed E-state index contributed by atoms with van der Waals surface area (Å²) in [7, 11) is 0. The van der Waals surface area contributed by atoms with Gasteiger partial charge in [0.2, 0.25) is 5.91 Å². The number of hydrogen-bond acceptors (Lipinski definition) is 14. The summed E-state index contributed by atoms with van der Waals surface area (Å²) in [5, 5.41) is 19.4. The van der Waals surface area contributed by atoms with Gasteiger partial charge >= 0.3 is 11.9 Å². The molecular weight excluding hydrogens is 582 g/mol. The van der Waals surface area contributed by atoms with Crippen LogP contribution in [0.3, 0.4) is 0 Å². The zero-order valence-electron chi connectivity index (χ0n) is 24.9. The van der Waals surface area contributed by atoms with Crippen LogP contribution >= 0.6 is 0 Å². The Balaban J connectivity index is 3.09. The maximum atomic E-state index is 11.3. The Morgan fingerprint density at radius 3 is 0.907 bits per heavy atom. The van der Waals surface area contributed by atoms with E-state index in [-0.39, 0.29) is 19.8 Å². The molecule has 0 saturated carbocycles. The van der Waals surface area contributed by atoms with Crippen molar-refractivity contribution >= 4 is 17.8 Å². The fourth-order valence-electron chi connectivity index (χ4n) is 2.68. The highest BCUT2D eigenvalue weighted by Gasteiger charge is 2.03. The number of carbonyl (C=O) groups excluding carboxylic acids is 1. The van der Waals surface area contributed by atoms with Crippen molar-refractivity contribution in [3.8, 4) is 0 Å². The van der Waals surface area contributed by atoms with Crippen LogP contribution in [0.1, 0.15) is 0 Å². The highest BCUT2D eigenvalue weighted by Crippen LogP contribution is 1.87. The molecule has 254 valence electrons. The summed E-state index contributed by atoms with van der Waals surface area (Å²) in [5.41, 5.74) is 0. The SMILES string of the molecule is O=C(O)COCCOCCOCCOCCOCCOCCOCCOCCOCCOCCNC(=O)COCC(=O)O. The van der Waals surface area contributed by atoms with Gasteiger partial charge in [-0.25, -0.2) is 9.59 Å². The quantitative estimate of drug-likeness (QED) is 0.0670. The fourth-order valence-corrected chi connectivity index (χ4v) is 2.68. The number of carbonyl (C=O) groups is 3. The van der Waals surface area contributed by atoms with Gasteiger partial charge in [-0.1, -0.05) is 0 Å². The Labute approximate surface area is 252 Å². The third-order valence-corrected chi connectivity index (χ3v) is 4.60. The largest absolute Gasteiger partial charge is 0.480 e. The maximum absolute atomic E-state index is 11.3. The second-order valence-corrected chi connectivity index (χ2v) is 8.19. The van der Waals surface area contributed by atoms with Crippen molar-refractivity contribution in [2.24, 2.45) is 0 Å². The lowest BCUT2D eigenvalue weighted by molar-refractivity contribution is -0.144. The van der Waals surface area contributed by atoms with Gasteiger partial charge in [0.05, 0.1) is 126 Å². The number of aliphatic carboxylic acids is 2. The van der Waals surface area contributed by atoms with E-state index in [1.165, 1.54) is 0 Å². The fraction of sp³-hybridized carbons (Fsp3) is 0.885. The van der Waals surface area contributed by atoms with Crippen molar-refractivity contribution in [1.82, 2.24) is 5.32 Å². The summed E-state index contributed by atoms with van der Waals surface area (Å²) < 4.78 is 57.8. The first kappa shape index (κ1) is 41.0. The van der Waals surface area contributed by atoms with Crippen LogP contribution in [0.2, 0.25) is 0 Å². The Bertz CT molecular complexity index is 642. The normalized spacial score (nSPS) is 11.2. The van der Waals surface area contributed by atoms with Crippen LogP contribution in [0.5, 0.6) is 0 Å². The van der Waals surface area contributed by atoms with Gasteiger partial charge in [0, 0.05) is 6.54 Å². The molecule has 0 saturated heterocycles. The third-order valence-electron chi connectivity index (χ3n) is 4.60. The zero-order chi connectivity index (χ0) is 31.5. The first-order valence-corrected chi connectivity index (χ1v) is 14.1. The molecule has 0 aromatic carbocycles. The summed E-state index contributed by atoms with van der Waals surface area (Å²) >= 11 is 0. The van der Waals surface area contributed by atoms with E-state index in [9.17, 15) is 14.4 Å². The van der Waals surface area contributed by atoms with E-state index < -0.39 is 24.5 Å². The molecule has 0 aliphatic heterocycles. The molecule has 0 fully saturated rings. The Kier molecular flexibility index (Phi) is 32.8. The van der Waals surface area contributed by atoms with Gasteiger partial charge in [-0.3, -0.25) is 4.79 Å². The predicted octanol–water partition coefficient (Wildman–Crippen LogP) is -1.55. The molecule has 17 nitrogen and oxygen atoms in total. The van der Waals surface area contributed by atoms with E-state index in [1.807, 2.05) is 0 Å². The lowest BCUT2D eigenvalue weighted by Gasteiger charge is -2.09.